The molecule has 182 valence electrons. The Kier molecular flexibility index (Phi) is 6.64. The lowest BCUT2D eigenvalue weighted by molar-refractivity contribution is 0.474. The molecule has 0 saturated carbocycles. The van der Waals surface area contributed by atoms with E-state index in [1.54, 1.807) is 0 Å². The number of anilines is 3. The van der Waals surface area contributed by atoms with E-state index in [1.807, 2.05) is 6.20 Å². The second kappa shape index (κ2) is 9.85. The van der Waals surface area contributed by atoms with Gasteiger partial charge in [0.1, 0.15) is 11.9 Å². The number of nitrogens with zero attached hydrogens (tertiary/aromatic N) is 4. The van der Waals surface area contributed by atoms with Crippen LogP contribution < -0.4 is 9.80 Å². The van der Waals surface area contributed by atoms with E-state index in [-0.39, 0.29) is 6.17 Å². The number of fused-ring (bicyclic) bond motifs is 5. The van der Waals surface area contributed by atoms with E-state index < -0.39 is 0 Å². The molecule has 0 saturated heterocycles. The fourth-order valence-corrected chi connectivity index (χ4v) is 5.87. The number of para-hydroxylation sites is 1. The molecule has 2 aliphatic rings. The second-order valence-electron chi connectivity index (χ2n) is 10.1. The van der Waals surface area contributed by atoms with Crippen LogP contribution in [0.5, 0.6) is 0 Å². The molecule has 0 spiro atoms. The Labute approximate surface area is 210 Å². The van der Waals surface area contributed by atoms with Crippen molar-refractivity contribution in [2.75, 3.05) is 16.8 Å². The highest BCUT2D eigenvalue weighted by molar-refractivity contribution is 5.84. The van der Waals surface area contributed by atoms with Gasteiger partial charge < -0.3 is 9.80 Å². The zero-order valence-corrected chi connectivity index (χ0v) is 21.8. The molecule has 3 unspecified atom stereocenters. The zero-order valence-electron chi connectivity index (χ0n) is 21.8. The fraction of sp³-hybridized carbons (Fsp3) is 0.419. The lowest BCUT2D eigenvalue weighted by Crippen LogP contribution is -2.38. The molecule has 4 nitrogen and oxygen atoms in total. The van der Waals surface area contributed by atoms with Crippen LogP contribution in [-0.2, 0) is 6.42 Å². The van der Waals surface area contributed by atoms with Gasteiger partial charge in [-0.25, -0.2) is 9.97 Å². The minimum atomic E-state index is 0.0968. The van der Waals surface area contributed by atoms with Crippen LogP contribution in [0.1, 0.15) is 69.1 Å². The number of aromatic nitrogens is 2. The third-order valence-electron chi connectivity index (χ3n) is 7.92. The fourth-order valence-electron chi connectivity index (χ4n) is 5.87. The first-order valence-electron chi connectivity index (χ1n) is 13.3. The van der Waals surface area contributed by atoms with Gasteiger partial charge in [0.15, 0.2) is 11.6 Å². The van der Waals surface area contributed by atoms with Crippen LogP contribution in [-0.4, -0.2) is 23.2 Å². The Morgan fingerprint density at radius 1 is 0.943 bits per heavy atom. The van der Waals surface area contributed by atoms with Crippen molar-refractivity contribution >= 4 is 17.2 Å². The predicted molar refractivity (Wildman–Crippen MR) is 148 cm³/mol. The van der Waals surface area contributed by atoms with Crippen molar-refractivity contribution in [3.63, 3.8) is 0 Å². The smallest absolute Gasteiger partial charge is 0.161 e. The largest absolute Gasteiger partial charge is 0.334 e. The quantitative estimate of drug-likeness (QED) is 0.347. The van der Waals surface area contributed by atoms with Gasteiger partial charge in [-0.15, -0.1) is 0 Å². The van der Waals surface area contributed by atoms with Crippen LogP contribution in [0.4, 0.5) is 17.2 Å². The van der Waals surface area contributed by atoms with E-state index in [2.05, 4.69) is 99.2 Å². The molecule has 35 heavy (non-hydrogen) atoms. The minimum absolute atomic E-state index is 0.0968. The van der Waals surface area contributed by atoms with E-state index in [4.69, 9.17) is 9.97 Å². The summed E-state index contributed by atoms with van der Waals surface area (Å²) in [7, 11) is 2.16. The highest BCUT2D eigenvalue weighted by Gasteiger charge is 2.38. The number of likely N-dealkylation sites (N-methyl/N-ethyl adjacent to an activating group) is 1. The predicted octanol–water partition coefficient (Wildman–Crippen LogP) is 7.80. The van der Waals surface area contributed by atoms with Crippen molar-refractivity contribution in [3.8, 4) is 11.4 Å². The van der Waals surface area contributed by atoms with Crippen LogP contribution in [0.3, 0.4) is 0 Å². The van der Waals surface area contributed by atoms with Gasteiger partial charge >= 0.3 is 0 Å². The maximum atomic E-state index is 5.16. The standard InChI is InChI=1S/C31H38N4/c1-6-9-12-22-16-15-21(4)26(19-22)30-32-20-28-31(33-30)34(5)29-18-17-23(7-2)24(8-3)25-13-10-11-14-27(25)35(28)29/h10-11,13-20,23-24,29H,6-9,12H2,1-5H3. The molecule has 2 aliphatic heterocycles. The van der Waals surface area contributed by atoms with Crippen molar-refractivity contribution in [2.45, 2.75) is 71.9 Å². The number of hydrogen-bond donors (Lipinski definition) is 0. The van der Waals surface area contributed by atoms with Crippen molar-refractivity contribution in [1.82, 2.24) is 9.97 Å². The van der Waals surface area contributed by atoms with E-state index in [9.17, 15) is 0 Å². The third-order valence-corrected chi connectivity index (χ3v) is 7.92. The van der Waals surface area contributed by atoms with Crippen LogP contribution in [0.15, 0.2) is 60.8 Å². The highest BCUT2D eigenvalue weighted by Crippen LogP contribution is 2.48. The summed E-state index contributed by atoms with van der Waals surface area (Å²) in [5, 5.41) is 0. The molecule has 0 fully saturated rings. The first kappa shape index (κ1) is 23.6. The molecule has 3 atom stereocenters. The molecule has 0 bridgehead atoms. The first-order valence-corrected chi connectivity index (χ1v) is 13.3. The Morgan fingerprint density at radius 3 is 2.54 bits per heavy atom. The highest BCUT2D eigenvalue weighted by atomic mass is 15.4. The number of rotatable bonds is 6. The Bertz CT molecular complexity index is 1230. The molecular formula is C31H38N4. The number of hydrogen-bond acceptors (Lipinski definition) is 4. The lowest BCUT2D eigenvalue weighted by atomic mass is 9.80. The number of unbranched alkanes of at least 4 members (excludes halogenated alkanes) is 1. The molecule has 1 aromatic heterocycles. The van der Waals surface area contributed by atoms with Gasteiger partial charge in [-0.3, -0.25) is 0 Å². The lowest BCUT2D eigenvalue weighted by Gasteiger charge is -2.35. The summed E-state index contributed by atoms with van der Waals surface area (Å²) in [6.45, 7) is 9.02. The maximum Gasteiger partial charge on any atom is 0.161 e. The van der Waals surface area contributed by atoms with E-state index >= 15 is 0 Å². The topological polar surface area (TPSA) is 32.3 Å². The van der Waals surface area contributed by atoms with Crippen molar-refractivity contribution in [3.05, 3.63) is 77.5 Å². The third kappa shape index (κ3) is 4.13. The number of benzene rings is 2. The number of aryl methyl sites for hydroxylation is 2. The van der Waals surface area contributed by atoms with E-state index in [0.29, 0.717) is 11.8 Å². The van der Waals surface area contributed by atoms with Crippen LogP contribution in [0.25, 0.3) is 11.4 Å². The average molecular weight is 467 g/mol. The van der Waals surface area contributed by atoms with Gasteiger partial charge in [-0.1, -0.05) is 63.6 Å². The summed E-state index contributed by atoms with van der Waals surface area (Å²) < 4.78 is 0. The molecule has 0 amide bonds. The summed E-state index contributed by atoms with van der Waals surface area (Å²) in [5.41, 5.74) is 7.53. The van der Waals surface area contributed by atoms with Crippen LogP contribution in [0.2, 0.25) is 0 Å². The zero-order chi connectivity index (χ0) is 24.5. The summed E-state index contributed by atoms with van der Waals surface area (Å²) in [6.07, 6.45) is 12.7. The van der Waals surface area contributed by atoms with Crippen molar-refractivity contribution in [2.24, 2.45) is 5.92 Å². The molecule has 0 N–H and O–H groups in total. The monoisotopic (exact) mass is 466 g/mol. The van der Waals surface area contributed by atoms with E-state index in [1.165, 1.54) is 35.2 Å². The molecule has 0 aliphatic carbocycles. The SMILES string of the molecule is CCCCc1ccc(C)c(-c2ncc3c(n2)N(C)C2C=CC(CC)C(CC)c4ccccc4N32)c1. The first-order chi connectivity index (χ1) is 17.1. The normalized spacial score (nSPS) is 20.8. The molecule has 3 aromatic rings. The summed E-state index contributed by atoms with van der Waals surface area (Å²) in [4.78, 5) is 14.8. The summed E-state index contributed by atoms with van der Waals surface area (Å²) >= 11 is 0. The Hall–Kier alpha value is -3.14. The molecule has 2 aromatic carbocycles. The average Bonchev–Trinajstić information content (AvgIpc) is 3.15. The van der Waals surface area contributed by atoms with Gasteiger partial charge in [0.25, 0.3) is 0 Å². The van der Waals surface area contributed by atoms with Gasteiger partial charge in [-0.05, 0) is 79.3 Å². The Morgan fingerprint density at radius 2 is 1.77 bits per heavy atom. The van der Waals surface area contributed by atoms with E-state index in [0.717, 1.165) is 42.2 Å². The van der Waals surface area contributed by atoms with Crippen LogP contribution in [0, 0.1) is 12.8 Å². The number of allylic oxidation sites excluding steroid dienone is 1. The van der Waals surface area contributed by atoms with Gasteiger partial charge in [0, 0.05) is 18.3 Å². The van der Waals surface area contributed by atoms with Gasteiger partial charge in [0.05, 0.1) is 6.20 Å². The summed E-state index contributed by atoms with van der Waals surface area (Å²) in [5.74, 6) is 2.87. The molecule has 4 heteroatoms. The van der Waals surface area contributed by atoms with Crippen LogP contribution >= 0.6 is 0 Å². The molecule has 5 rings (SSSR count). The molecular weight excluding hydrogens is 428 g/mol. The minimum Gasteiger partial charge on any atom is -0.334 e. The molecule has 3 heterocycles. The maximum absolute atomic E-state index is 5.16. The van der Waals surface area contributed by atoms with Gasteiger partial charge in [0.2, 0.25) is 0 Å². The van der Waals surface area contributed by atoms with Gasteiger partial charge in [-0.2, -0.15) is 0 Å². The second-order valence-corrected chi connectivity index (χ2v) is 10.1. The summed E-state index contributed by atoms with van der Waals surface area (Å²) in [6, 6.07) is 15.7. The Balaban J connectivity index is 1.61. The van der Waals surface area contributed by atoms with Crippen molar-refractivity contribution < 1.29 is 0 Å². The van der Waals surface area contributed by atoms with Crippen molar-refractivity contribution in [1.29, 1.82) is 0 Å². The molecule has 0 radical (unpaired) electrons.